The van der Waals surface area contributed by atoms with Crippen molar-refractivity contribution in [2.24, 2.45) is 0 Å². The molecular weight excluding hydrogens is 254 g/mol. The number of anilines is 1. The van der Waals surface area contributed by atoms with Crippen LogP contribution in [0.4, 0.5) is 5.69 Å². The summed E-state index contributed by atoms with van der Waals surface area (Å²) < 4.78 is 0. The number of carbonyl (C=O) groups excluding carboxylic acids is 1. The second-order valence-electron chi connectivity index (χ2n) is 5.30. The highest BCUT2D eigenvalue weighted by molar-refractivity contribution is 5.77. The number of fused-ring (bicyclic) bond motifs is 1. The third-order valence-electron chi connectivity index (χ3n) is 3.77. The highest BCUT2D eigenvalue weighted by atomic mass is 16.4. The number of unbranched alkanes of at least 4 members (excludes halogenated alkanes) is 2. The standard InChI is InChI=1S/C16H21NO3/c18-12-13-7-8-15-14(11-13)5-4-10-17(15)9-3-1-2-6-16(19)20/h7-8,11-12H,1-6,9-10H2,(H,19,20). The molecule has 0 unspecified atom stereocenters. The molecule has 1 aromatic carbocycles. The molecule has 0 fully saturated rings. The monoisotopic (exact) mass is 275 g/mol. The molecule has 0 bridgehead atoms. The van der Waals surface area contributed by atoms with Gasteiger partial charge in [0.25, 0.3) is 0 Å². The predicted octanol–water partition coefficient (Wildman–Crippen LogP) is 2.90. The third-order valence-corrected chi connectivity index (χ3v) is 3.77. The van der Waals surface area contributed by atoms with Gasteiger partial charge in [0.15, 0.2) is 0 Å². The molecule has 2 rings (SSSR count). The number of aryl methyl sites for hydroxylation is 1. The highest BCUT2D eigenvalue weighted by Crippen LogP contribution is 2.28. The number of carboxylic acids is 1. The van der Waals surface area contributed by atoms with Crippen molar-refractivity contribution in [3.05, 3.63) is 29.3 Å². The number of nitrogens with zero attached hydrogens (tertiary/aromatic N) is 1. The Labute approximate surface area is 119 Å². The van der Waals surface area contributed by atoms with Crippen molar-refractivity contribution in [2.45, 2.75) is 38.5 Å². The van der Waals surface area contributed by atoms with E-state index in [4.69, 9.17) is 5.11 Å². The molecular formula is C16H21NO3. The van der Waals surface area contributed by atoms with Gasteiger partial charge >= 0.3 is 5.97 Å². The van der Waals surface area contributed by atoms with Crippen molar-refractivity contribution in [2.75, 3.05) is 18.0 Å². The molecule has 20 heavy (non-hydrogen) atoms. The van der Waals surface area contributed by atoms with Crippen LogP contribution in [0.25, 0.3) is 0 Å². The van der Waals surface area contributed by atoms with E-state index in [1.165, 1.54) is 11.3 Å². The van der Waals surface area contributed by atoms with E-state index in [2.05, 4.69) is 4.90 Å². The van der Waals surface area contributed by atoms with E-state index >= 15 is 0 Å². The van der Waals surface area contributed by atoms with Gasteiger partial charge in [0.05, 0.1) is 0 Å². The molecule has 0 aliphatic carbocycles. The summed E-state index contributed by atoms with van der Waals surface area (Å²) in [6.45, 7) is 2.01. The maximum absolute atomic E-state index is 10.8. The summed E-state index contributed by atoms with van der Waals surface area (Å²) in [7, 11) is 0. The molecule has 1 aliphatic heterocycles. The molecule has 1 aromatic rings. The lowest BCUT2D eigenvalue weighted by Crippen LogP contribution is -2.30. The maximum atomic E-state index is 10.8. The fourth-order valence-electron chi connectivity index (χ4n) is 2.76. The van der Waals surface area contributed by atoms with Crippen LogP contribution >= 0.6 is 0 Å². The van der Waals surface area contributed by atoms with Gasteiger partial charge in [-0.3, -0.25) is 9.59 Å². The molecule has 0 amide bonds. The normalized spacial score (nSPS) is 13.9. The molecule has 4 nitrogen and oxygen atoms in total. The van der Waals surface area contributed by atoms with Crippen molar-refractivity contribution >= 4 is 17.9 Å². The minimum absolute atomic E-state index is 0.263. The van der Waals surface area contributed by atoms with Crippen LogP contribution in [0.1, 0.15) is 48.0 Å². The van der Waals surface area contributed by atoms with Gasteiger partial charge in [-0.15, -0.1) is 0 Å². The van der Waals surface area contributed by atoms with Crippen LogP contribution < -0.4 is 4.90 Å². The van der Waals surface area contributed by atoms with Gasteiger partial charge in [-0.25, -0.2) is 0 Å². The van der Waals surface area contributed by atoms with E-state index in [0.29, 0.717) is 0 Å². The lowest BCUT2D eigenvalue weighted by molar-refractivity contribution is -0.137. The quantitative estimate of drug-likeness (QED) is 0.614. The van der Waals surface area contributed by atoms with Crippen molar-refractivity contribution < 1.29 is 14.7 Å². The zero-order chi connectivity index (χ0) is 14.4. The molecule has 1 N–H and O–H groups in total. The van der Waals surface area contributed by atoms with Crippen LogP contribution in [0, 0.1) is 0 Å². The summed E-state index contributed by atoms with van der Waals surface area (Å²) >= 11 is 0. The van der Waals surface area contributed by atoms with E-state index in [1.807, 2.05) is 18.2 Å². The van der Waals surface area contributed by atoms with E-state index in [-0.39, 0.29) is 6.42 Å². The second kappa shape index (κ2) is 7.08. The zero-order valence-corrected chi connectivity index (χ0v) is 11.7. The van der Waals surface area contributed by atoms with Gasteiger partial charge in [0, 0.05) is 30.8 Å². The summed E-state index contributed by atoms with van der Waals surface area (Å²) in [5.74, 6) is -0.713. The Balaban J connectivity index is 1.88. The van der Waals surface area contributed by atoms with Crippen LogP contribution in [0.3, 0.4) is 0 Å². The Morgan fingerprint density at radius 3 is 2.90 bits per heavy atom. The van der Waals surface area contributed by atoms with E-state index in [9.17, 15) is 9.59 Å². The van der Waals surface area contributed by atoms with Crippen molar-refractivity contribution in [3.63, 3.8) is 0 Å². The van der Waals surface area contributed by atoms with E-state index in [1.54, 1.807) is 0 Å². The van der Waals surface area contributed by atoms with Gasteiger partial charge in [-0.1, -0.05) is 6.42 Å². The fourth-order valence-corrected chi connectivity index (χ4v) is 2.76. The number of carboxylic acid groups (broad SMARTS) is 1. The number of carbonyl (C=O) groups is 2. The Kier molecular flexibility index (Phi) is 5.16. The van der Waals surface area contributed by atoms with Gasteiger partial charge < -0.3 is 10.0 Å². The number of hydrogen-bond acceptors (Lipinski definition) is 3. The van der Waals surface area contributed by atoms with Crippen molar-refractivity contribution in [1.29, 1.82) is 0 Å². The molecule has 0 saturated carbocycles. The summed E-state index contributed by atoms with van der Waals surface area (Å²) in [5.41, 5.74) is 3.23. The molecule has 0 radical (unpaired) electrons. The Morgan fingerprint density at radius 2 is 2.15 bits per heavy atom. The molecule has 0 aromatic heterocycles. The minimum Gasteiger partial charge on any atom is -0.481 e. The molecule has 0 saturated heterocycles. The average molecular weight is 275 g/mol. The largest absolute Gasteiger partial charge is 0.481 e. The number of benzene rings is 1. The zero-order valence-electron chi connectivity index (χ0n) is 11.7. The second-order valence-corrected chi connectivity index (χ2v) is 5.30. The third kappa shape index (κ3) is 3.83. The van der Waals surface area contributed by atoms with Crippen LogP contribution in [0.2, 0.25) is 0 Å². The van der Waals surface area contributed by atoms with Gasteiger partial charge in [0.1, 0.15) is 6.29 Å². The molecule has 1 aliphatic rings. The smallest absolute Gasteiger partial charge is 0.303 e. The fraction of sp³-hybridized carbons (Fsp3) is 0.500. The first-order chi connectivity index (χ1) is 9.70. The van der Waals surface area contributed by atoms with Gasteiger partial charge in [-0.2, -0.15) is 0 Å². The molecule has 4 heteroatoms. The Hall–Kier alpha value is -1.84. The molecule has 0 spiro atoms. The van der Waals surface area contributed by atoms with Crippen LogP contribution in [0.15, 0.2) is 18.2 Å². The molecule has 0 atom stereocenters. The van der Waals surface area contributed by atoms with Crippen LogP contribution in [0.5, 0.6) is 0 Å². The van der Waals surface area contributed by atoms with Crippen molar-refractivity contribution in [3.8, 4) is 0 Å². The SMILES string of the molecule is O=Cc1ccc2c(c1)CCCN2CCCCCC(=O)O. The highest BCUT2D eigenvalue weighted by Gasteiger charge is 2.16. The summed E-state index contributed by atoms with van der Waals surface area (Å²) in [4.78, 5) is 23.6. The average Bonchev–Trinajstić information content (AvgIpc) is 2.46. The van der Waals surface area contributed by atoms with E-state index < -0.39 is 5.97 Å². The minimum atomic E-state index is -0.713. The summed E-state index contributed by atoms with van der Waals surface area (Å²) in [6.07, 6.45) is 6.02. The first-order valence-corrected chi connectivity index (χ1v) is 7.25. The number of rotatable bonds is 7. The molecule has 108 valence electrons. The lowest BCUT2D eigenvalue weighted by atomic mass is 9.99. The maximum Gasteiger partial charge on any atom is 0.303 e. The van der Waals surface area contributed by atoms with Crippen molar-refractivity contribution in [1.82, 2.24) is 0 Å². The van der Waals surface area contributed by atoms with Crippen LogP contribution in [-0.2, 0) is 11.2 Å². The van der Waals surface area contributed by atoms with Gasteiger partial charge in [0.2, 0.25) is 0 Å². The summed E-state index contributed by atoms with van der Waals surface area (Å²) in [6, 6.07) is 5.89. The topological polar surface area (TPSA) is 57.6 Å². The predicted molar refractivity (Wildman–Crippen MR) is 78.5 cm³/mol. The summed E-state index contributed by atoms with van der Waals surface area (Å²) in [5, 5.41) is 8.60. The molecule has 1 heterocycles. The van der Waals surface area contributed by atoms with Gasteiger partial charge in [-0.05, 0) is 49.4 Å². The first-order valence-electron chi connectivity index (χ1n) is 7.25. The number of aliphatic carboxylic acids is 1. The Bertz CT molecular complexity index is 485. The lowest BCUT2D eigenvalue weighted by Gasteiger charge is -2.31. The number of aldehydes is 1. The van der Waals surface area contributed by atoms with Crippen LogP contribution in [-0.4, -0.2) is 30.5 Å². The Morgan fingerprint density at radius 1 is 1.30 bits per heavy atom. The first kappa shape index (κ1) is 14.6. The van der Waals surface area contributed by atoms with E-state index in [0.717, 1.165) is 57.0 Å². The number of hydrogen-bond donors (Lipinski definition) is 1.